The van der Waals surface area contributed by atoms with E-state index in [2.05, 4.69) is 17.6 Å². The summed E-state index contributed by atoms with van der Waals surface area (Å²) in [5.74, 6) is 0.246. The van der Waals surface area contributed by atoms with Gasteiger partial charge in [0, 0.05) is 6.04 Å². The van der Waals surface area contributed by atoms with Crippen LogP contribution in [0.2, 0.25) is 0 Å². The van der Waals surface area contributed by atoms with E-state index in [4.69, 9.17) is 0 Å². The molecule has 0 aliphatic heterocycles. The molecule has 0 radical (unpaired) electrons. The average Bonchev–Trinajstić information content (AvgIpc) is 2.67. The van der Waals surface area contributed by atoms with Crippen molar-refractivity contribution >= 4 is 11.7 Å². The number of carbonyl (C=O) groups is 1. The third-order valence-electron chi connectivity index (χ3n) is 3.15. The van der Waals surface area contributed by atoms with Gasteiger partial charge in [-0.15, -0.1) is 0 Å². The van der Waals surface area contributed by atoms with E-state index in [9.17, 15) is 9.18 Å². The van der Waals surface area contributed by atoms with Crippen LogP contribution in [-0.2, 0) is 0 Å². The average molecular weight is 236 g/mol. The minimum Gasteiger partial charge on any atom is -0.335 e. The van der Waals surface area contributed by atoms with Crippen LogP contribution < -0.4 is 10.6 Å². The Labute approximate surface area is 100 Å². The highest BCUT2D eigenvalue weighted by atomic mass is 19.1. The molecule has 0 aromatic heterocycles. The number of para-hydroxylation sites is 1. The van der Waals surface area contributed by atoms with Gasteiger partial charge in [0.25, 0.3) is 0 Å². The van der Waals surface area contributed by atoms with Gasteiger partial charge in [0.05, 0.1) is 5.69 Å². The number of halogens is 1. The number of hydrogen-bond acceptors (Lipinski definition) is 1. The number of amides is 2. The number of anilines is 1. The highest BCUT2D eigenvalue weighted by molar-refractivity contribution is 5.89. The van der Waals surface area contributed by atoms with Crippen LogP contribution >= 0.6 is 0 Å². The molecule has 1 aliphatic rings. The molecule has 3 nitrogen and oxygen atoms in total. The van der Waals surface area contributed by atoms with Crippen molar-refractivity contribution < 1.29 is 9.18 Å². The van der Waals surface area contributed by atoms with Crippen LogP contribution in [-0.4, -0.2) is 12.1 Å². The maximum absolute atomic E-state index is 13.3. The van der Waals surface area contributed by atoms with Gasteiger partial charge >= 0.3 is 6.03 Å². The van der Waals surface area contributed by atoms with Gasteiger partial charge in [0.2, 0.25) is 0 Å². The molecule has 2 unspecified atom stereocenters. The number of urea groups is 1. The van der Waals surface area contributed by atoms with Gasteiger partial charge in [-0.2, -0.15) is 0 Å². The molecule has 1 aromatic rings. The van der Waals surface area contributed by atoms with Gasteiger partial charge in [-0.3, -0.25) is 0 Å². The molecule has 17 heavy (non-hydrogen) atoms. The van der Waals surface area contributed by atoms with Crippen molar-refractivity contribution in [3.63, 3.8) is 0 Å². The Morgan fingerprint density at radius 1 is 1.35 bits per heavy atom. The molecule has 4 heteroatoms. The third-order valence-corrected chi connectivity index (χ3v) is 3.15. The van der Waals surface area contributed by atoms with E-state index in [1.807, 2.05) is 0 Å². The molecular formula is C13H17FN2O. The zero-order valence-corrected chi connectivity index (χ0v) is 9.87. The summed E-state index contributed by atoms with van der Waals surface area (Å²) in [7, 11) is 0. The molecule has 2 N–H and O–H groups in total. The van der Waals surface area contributed by atoms with E-state index >= 15 is 0 Å². The second kappa shape index (κ2) is 5.17. The standard InChI is InChI=1S/C13H17FN2O/c1-9-6-7-10(8-9)15-13(17)16-12-5-3-2-4-11(12)14/h2-5,9-10H,6-8H2,1H3,(H2,15,16,17). The predicted octanol–water partition coefficient (Wildman–Crippen LogP) is 3.14. The second-order valence-electron chi connectivity index (χ2n) is 4.69. The SMILES string of the molecule is CC1CCC(NC(=O)Nc2ccccc2F)C1. The van der Waals surface area contributed by atoms with Crippen molar-refractivity contribution in [3.8, 4) is 0 Å². The van der Waals surface area contributed by atoms with Gasteiger partial charge in [0.15, 0.2) is 0 Å². The monoisotopic (exact) mass is 236 g/mol. The lowest BCUT2D eigenvalue weighted by Crippen LogP contribution is -2.36. The summed E-state index contributed by atoms with van der Waals surface area (Å²) in [5, 5.41) is 5.40. The van der Waals surface area contributed by atoms with Crippen LogP contribution in [0.5, 0.6) is 0 Å². The van der Waals surface area contributed by atoms with E-state index in [1.165, 1.54) is 6.07 Å². The number of benzene rings is 1. The van der Waals surface area contributed by atoms with Crippen LogP contribution in [0, 0.1) is 11.7 Å². The molecule has 0 saturated heterocycles. The third kappa shape index (κ3) is 3.19. The normalized spacial score (nSPS) is 23.4. The topological polar surface area (TPSA) is 41.1 Å². The molecule has 0 spiro atoms. The van der Waals surface area contributed by atoms with Crippen LogP contribution in [0.4, 0.5) is 14.9 Å². The minimum atomic E-state index is -0.414. The lowest BCUT2D eigenvalue weighted by Gasteiger charge is -2.13. The highest BCUT2D eigenvalue weighted by Gasteiger charge is 2.22. The summed E-state index contributed by atoms with van der Waals surface area (Å²) in [4.78, 5) is 11.6. The molecule has 1 aliphatic carbocycles. The second-order valence-corrected chi connectivity index (χ2v) is 4.69. The maximum atomic E-state index is 13.3. The largest absolute Gasteiger partial charge is 0.335 e. The summed E-state index contributed by atoms with van der Waals surface area (Å²) in [6, 6.07) is 6.05. The maximum Gasteiger partial charge on any atom is 0.319 e. The molecule has 0 heterocycles. The Kier molecular flexibility index (Phi) is 3.61. The summed E-state index contributed by atoms with van der Waals surface area (Å²) in [6.07, 6.45) is 3.15. The highest BCUT2D eigenvalue weighted by Crippen LogP contribution is 2.24. The molecule has 92 valence electrons. The van der Waals surface area contributed by atoms with Gasteiger partial charge < -0.3 is 10.6 Å². The van der Waals surface area contributed by atoms with Crippen molar-refractivity contribution in [2.75, 3.05) is 5.32 Å². The summed E-state index contributed by atoms with van der Waals surface area (Å²) in [6.45, 7) is 2.18. The van der Waals surface area contributed by atoms with Crippen molar-refractivity contribution in [2.24, 2.45) is 5.92 Å². The first-order chi connectivity index (χ1) is 8.15. The van der Waals surface area contributed by atoms with Crippen LogP contribution in [0.25, 0.3) is 0 Å². The summed E-state index contributed by atoms with van der Waals surface area (Å²) < 4.78 is 13.3. The number of rotatable bonds is 2. The molecule has 2 rings (SSSR count). The van der Waals surface area contributed by atoms with Crippen molar-refractivity contribution in [1.29, 1.82) is 0 Å². The minimum absolute atomic E-state index is 0.219. The van der Waals surface area contributed by atoms with E-state index in [0.717, 1.165) is 19.3 Å². The molecular weight excluding hydrogens is 219 g/mol. The fraction of sp³-hybridized carbons (Fsp3) is 0.462. The summed E-state index contributed by atoms with van der Waals surface area (Å²) >= 11 is 0. The summed E-state index contributed by atoms with van der Waals surface area (Å²) in [5.41, 5.74) is 0.219. The molecule has 0 bridgehead atoms. The Hall–Kier alpha value is -1.58. The zero-order chi connectivity index (χ0) is 12.3. The van der Waals surface area contributed by atoms with Crippen molar-refractivity contribution in [3.05, 3.63) is 30.1 Å². The Bertz CT molecular complexity index is 408. The van der Waals surface area contributed by atoms with E-state index in [-0.39, 0.29) is 17.8 Å². The number of nitrogens with one attached hydrogen (secondary N) is 2. The van der Waals surface area contributed by atoms with Gasteiger partial charge in [0.1, 0.15) is 5.82 Å². The van der Waals surface area contributed by atoms with E-state index in [1.54, 1.807) is 18.2 Å². The van der Waals surface area contributed by atoms with Gasteiger partial charge in [-0.25, -0.2) is 9.18 Å². The van der Waals surface area contributed by atoms with Crippen LogP contribution in [0.3, 0.4) is 0 Å². The van der Waals surface area contributed by atoms with Crippen LogP contribution in [0.1, 0.15) is 26.2 Å². The van der Waals surface area contributed by atoms with E-state index in [0.29, 0.717) is 5.92 Å². The predicted molar refractivity (Wildman–Crippen MR) is 65.4 cm³/mol. The first kappa shape index (κ1) is 11.9. The Morgan fingerprint density at radius 3 is 2.76 bits per heavy atom. The number of carbonyl (C=O) groups excluding carboxylic acids is 1. The Morgan fingerprint density at radius 2 is 2.12 bits per heavy atom. The smallest absolute Gasteiger partial charge is 0.319 e. The van der Waals surface area contributed by atoms with Gasteiger partial charge in [-0.05, 0) is 37.3 Å². The molecule has 1 fully saturated rings. The van der Waals surface area contributed by atoms with Crippen molar-refractivity contribution in [2.45, 2.75) is 32.2 Å². The lowest BCUT2D eigenvalue weighted by molar-refractivity contribution is 0.248. The fourth-order valence-corrected chi connectivity index (χ4v) is 2.24. The van der Waals surface area contributed by atoms with Crippen LogP contribution in [0.15, 0.2) is 24.3 Å². The lowest BCUT2D eigenvalue weighted by atomic mass is 10.1. The molecule has 2 amide bonds. The first-order valence-corrected chi connectivity index (χ1v) is 5.97. The molecule has 2 atom stereocenters. The molecule has 1 saturated carbocycles. The fourth-order valence-electron chi connectivity index (χ4n) is 2.24. The first-order valence-electron chi connectivity index (χ1n) is 5.97. The Balaban J connectivity index is 1.87. The quantitative estimate of drug-likeness (QED) is 0.813. The van der Waals surface area contributed by atoms with E-state index < -0.39 is 5.82 Å². The number of hydrogen-bond donors (Lipinski definition) is 2. The molecule has 1 aromatic carbocycles. The zero-order valence-electron chi connectivity index (χ0n) is 9.87. The van der Waals surface area contributed by atoms with Gasteiger partial charge in [-0.1, -0.05) is 19.1 Å². The van der Waals surface area contributed by atoms with Crippen molar-refractivity contribution in [1.82, 2.24) is 5.32 Å².